The number of oxime groups is 1. The molecule has 0 saturated carbocycles. The van der Waals surface area contributed by atoms with E-state index in [1.54, 1.807) is 6.21 Å². The fourth-order valence-electron chi connectivity index (χ4n) is 5.47. The van der Waals surface area contributed by atoms with Crippen molar-refractivity contribution < 1.29 is 14.4 Å². The van der Waals surface area contributed by atoms with Crippen LogP contribution in [0, 0.1) is 19.8 Å². The van der Waals surface area contributed by atoms with Gasteiger partial charge >= 0.3 is 5.97 Å². The molecule has 2 aromatic heterocycles. The van der Waals surface area contributed by atoms with Gasteiger partial charge in [0.05, 0.1) is 25.3 Å². The second-order valence-corrected chi connectivity index (χ2v) is 10.7. The number of carbonyl (C=O) groups excluding carboxylic acids is 1. The minimum absolute atomic E-state index is 0.0376. The Kier molecular flexibility index (Phi) is 9.09. The number of fused-ring (bicyclic) bond motifs is 1. The number of ether oxygens (including phenoxy) is 1. The van der Waals surface area contributed by atoms with Gasteiger partial charge in [0.1, 0.15) is 11.3 Å². The summed E-state index contributed by atoms with van der Waals surface area (Å²) >= 11 is 0. The number of piperidine rings is 1. The second-order valence-electron chi connectivity index (χ2n) is 10.7. The lowest BCUT2D eigenvalue weighted by molar-refractivity contribution is -0.149. The zero-order chi connectivity index (χ0) is 28.8. The number of nitrogens with zero attached hydrogens (tertiary/aromatic N) is 5. The first kappa shape index (κ1) is 28.5. The molecule has 0 spiro atoms. The predicted octanol–water partition coefficient (Wildman–Crippen LogP) is 5.85. The smallest absolute Gasteiger partial charge is 0.309 e. The van der Waals surface area contributed by atoms with Crippen LogP contribution in [-0.2, 0) is 29.0 Å². The van der Waals surface area contributed by atoms with Crippen molar-refractivity contribution in [3.63, 3.8) is 0 Å². The van der Waals surface area contributed by atoms with Crippen LogP contribution in [0.1, 0.15) is 60.5 Å². The van der Waals surface area contributed by atoms with Gasteiger partial charge in [0, 0.05) is 18.7 Å². The zero-order valence-electron chi connectivity index (χ0n) is 24.5. The molecule has 8 heteroatoms. The second kappa shape index (κ2) is 13.1. The fraction of sp³-hybridized carbons (Fsp3) is 0.394. The molecule has 8 nitrogen and oxygen atoms in total. The number of benzene rings is 2. The van der Waals surface area contributed by atoms with Crippen molar-refractivity contribution in [1.82, 2.24) is 19.4 Å². The average Bonchev–Trinajstić information content (AvgIpc) is 3.32. The number of hydrogen-bond acceptors (Lipinski definition) is 7. The fourth-order valence-corrected chi connectivity index (χ4v) is 5.47. The van der Waals surface area contributed by atoms with Gasteiger partial charge in [0.15, 0.2) is 11.4 Å². The normalized spacial score (nSPS) is 14.6. The lowest BCUT2D eigenvalue weighted by atomic mass is 9.96. The Balaban J connectivity index is 1.17. The molecule has 214 valence electrons. The minimum Gasteiger partial charge on any atom is -0.466 e. The van der Waals surface area contributed by atoms with Crippen molar-refractivity contribution in [1.29, 1.82) is 0 Å². The van der Waals surface area contributed by atoms with Crippen molar-refractivity contribution in [3.05, 3.63) is 88.4 Å². The molecule has 41 heavy (non-hydrogen) atoms. The maximum Gasteiger partial charge on any atom is 0.309 e. The summed E-state index contributed by atoms with van der Waals surface area (Å²) in [4.78, 5) is 29.7. The van der Waals surface area contributed by atoms with Gasteiger partial charge in [-0.3, -0.25) is 9.69 Å². The van der Waals surface area contributed by atoms with E-state index in [2.05, 4.69) is 64.9 Å². The first-order valence-corrected chi connectivity index (χ1v) is 14.5. The van der Waals surface area contributed by atoms with Crippen LogP contribution in [0.15, 0.2) is 59.8 Å². The molecule has 0 N–H and O–H groups in total. The van der Waals surface area contributed by atoms with E-state index in [9.17, 15) is 4.79 Å². The molecular weight excluding hydrogens is 514 g/mol. The van der Waals surface area contributed by atoms with Crippen molar-refractivity contribution in [2.24, 2.45) is 11.1 Å². The lowest BCUT2D eigenvalue weighted by Gasteiger charge is -2.30. The quantitative estimate of drug-likeness (QED) is 0.139. The SMILES string of the molecule is CCOC(=O)C1CCN(Cc2ccc(C=NOc3cccc(Cn4c(CC)nc5c(C)cc(C)nc54)c3)cc2)CC1. The maximum atomic E-state index is 12.0. The molecule has 1 aliphatic heterocycles. The molecule has 0 radical (unpaired) electrons. The van der Waals surface area contributed by atoms with Crippen molar-refractivity contribution in [2.75, 3.05) is 19.7 Å². The highest BCUT2D eigenvalue weighted by atomic mass is 16.6. The van der Waals surface area contributed by atoms with Gasteiger partial charge in [-0.25, -0.2) is 9.97 Å². The molecule has 0 unspecified atom stereocenters. The highest BCUT2D eigenvalue weighted by Crippen LogP contribution is 2.23. The summed E-state index contributed by atoms with van der Waals surface area (Å²) in [6.45, 7) is 11.9. The summed E-state index contributed by atoms with van der Waals surface area (Å²) in [7, 11) is 0. The minimum atomic E-state index is -0.0513. The summed E-state index contributed by atoms with van der Waals surface area (Å²) in [5.74, 6) is 1.69. The number of esters is 1. The summed E-state index contributed by atoms with van der Waals surface area (Å²) in [5.41, 5.74) is 7.35. The van der Waals surface area contributed by atoms with Gasteiger partial charge in [-0.1, -0.05) is 48.5 Å². The molecule has 0 bridgehead atoms. The lowest BCUT2D eigenvalue weighted by Crippen LogP contribution is -2.36. The van der Waals surface area contributed by atoms with Gasteiger partial charge in [0.25, 0.3) is 0 Å². The Morgan fingerprint density at radius 2 is 1.78 bits per heavy atom. The van der Waals surface area contributed by atoms with Crippen LogP contribution < -0.4 is 4.84 Å². The Morgan fingerprint density at radius 1 is 1.00 bits per heavy atom. The van der Waals surface area contributed by atoms with E-state index in [-0.39, 0.29) is 11.9 Å². The summed E-state index contributed by atoms with van der Waals surface area (Å²) in [6.07, 6.45) is 4.28. The van der Waals surface area contributed by atoms with Crippen molar-refractivity contribution >= 4 is 23.3 Å². The molecule has 0 atom stereocenters. The monoisotopic (exact) mass is 553 g/mol. The molecular formula is C33H39N5O3. The summed E-state index contributed by atoms with van der Waals surface area (Å²) in [5, 5.41) is 4.23. The van der Waals surface area contributed by atoms with E-state index in [0.29, 0.717) is 18.9 Å². The predicted molar refractivity (Wildman–Crippen MR) is 161 cm³/mol. The zero-order valence-corrected chi connectivity index (χ0v) is 24.5. The number of aryl methyl sites for hydroxylation is 3. The molecule has 4 aromatic rings. The van der Waals surface area contributed by atoms with E-state index in [1.165, 1.54) is 5.56 Å². The van der Waals surface area contributed by atoms with Gasteiger partial charge in [-0.15, -0.1) is 0 Å². The number of pyridine rings is 1. The first-order chi connectivity index (χ1) is 19.9. The highest BCUT2D eigenvalue weighted by molar-refractivity contribution is 5.79. The topological polar surface area (TPSA) is 81.8 Å². The third-order valence-corrected chi connectivity index (χ3v) is 7.61. The van der Waals surface area contributed by atoms with Gasteiger partial charge in [-0.2, -0.15) is 0 Å². The van der Waals surface area contributed by atoms with Crippen LogP contribution in [0.2, 0.25) is 0 Å². The van der Waals surface area contributed by atoms with Gasteiger partial charge in [-0.05, 0) is 87.2 Å². The van der Waals surface area contributed by atoms with Crippen LogP contribution >= 0.6 is 0 Å². The number of aromatic nitrogens is 3. The maximum absolute atomic E-state index is 12.0. The van der Waals surface area contributed by atoms with Crippen LogP contribution in [0.4, 0.5) is 0 Å². The largest absolute Gasteiger partial charge is 0.466 e. The van der Waals surface area contributed by atoms with E-state index >= 15 is 0 Å². The molecule has 1 saturated heterocycles. The summed E-state index contributed by atoms with van der Waals surface area (Å²) in [6, 6.07) is 18.4. The van der Waals surface area contributed by atoms with E-state index in [4.69, 9.17) is 19.5 Å². The molecule has 2 aromatic carbocycles. The van der Waals surface area contributed by atoms with E-state index in [1.807, 2.05) is 32.0 Å². The Hall–Kier alpha value is -4.04. The third-order valence-electron chi connectivity index (χ3n) is 7.61. The summed E-state index contributed by atoms with van der Waals surface area (Å²) < 4.78 is 7.38. The standard InChI is InChI=1S/C33H39N5O3/c1-5-30-36-31-23(3)18-24(4)35-32(31)38(30)22-27-8-7-9-29(19-27)41-34-20-25-10-12-26(13-11-25)21-37-16-14-28(15-17-37)33(39)40-6-2/h7-13,18-20,28H,5-6,14-17,21-22H2,1-4H3. The number of rotatable bonds is 10. The number of likely N-dealkylation sites (tertiary alicyclic amines) is 1. The van der Waals surface area contributed by atoms with Gasteiger partial charge < -0.3 is 14.1 Å². The number of carbonyl (C=O) groups is 1. The number of imidazole rings is 1. The van der Waals surface area contributed by atoms with Crippen LogP contribution in [0.3, 0.4) is 0 Å². The molecule has 5 rings (SSSR count). The van der Waals surface area contributed by atoms with Crippen molar-refractivity contribution in [3.8, 4) is 5.75 Å². The third kappa shape index (κ3) is 7.00. The van der Waals surface area contributed by atoms with E-state index in [0.717, 1.165) is 78.3 Å². The van der Waals surface area contributed by atoms with Crippen molar-refractivity contribution in [2.45, 2.75) is 60.0 Å². The molecule has 3 heterocycles. The average molecular weight is 554 g/mol. The van der Waals surface area contributed by atoms with E-state index < -0.39 is 0 Å². The number of hydrogen-bond donors (Lipinski definition) is 0. The molecule has 1 fully saturated rings. The van der Waals surface area contributed by atoms with Crippen LogP contribution in [0.5, 0.6) is 5.75 Å². The van der Waals surface area contributed by atoms with Crippen LogP contribution in [-0.4, -0.2) is 51.3 Å². The van der Waals surface area contributed by atoms with Gasteiger partial charge in [0.2, 0.25) is 0 Å². The first-order valence-electron chi connectivity index (χ1n) is 14.5. The van der Waals surface area contributed by atoms with Crippen LogP contribution in [0.25, 0.3) is 11.2 Å². The molecule has 1 aliphatic rings. The highest BCUT2D eigenvalue weighted by Gasteiger charge is 2.25. The Morgan fingerprint density at radius 3 is 2.51 bits per heavy atom. The molecule has 0 amide bonds. The Bertz CT molecular complexity index is 1520. The molecule has 0 aliphatic carbocycles. The Labute approximate surface area is 242 Å².